The van der Waals surface area contributed by atoms with E-state index in [2.05, 4.69) is 20.5 Å². The number of nitrogen functional groups attached to an aromatic ring is 1. The quantitative estimate of drug-likeness (QED) is 0.573. The summed E-state index contributed by atoms with van der Waals surface area (Å²) >= 11 is 0. The minimum absolute atomic E-state index is 0.250. The van der Waals surface area contributed by atoms with E-state index in [1.54, 1.807) is 18.3 Å². The highest BCUT2D eigenvalue weighted by atomic mass is 16.3. The van der Waals surface area contributed by atoms with E-state index in [0.29, 0.717) is 11.6 Å². The van der Waals surface area contributed by atoms with Crippen molar-refractivity contribution in [2.24, 2.45) is 0 Å². The second-order valence-electron chi connectivity index (χ2n) is 4.75. The van der Waals surface area contributed by atoms with E-state index < -0.39 is 0 Å². The number of aryl methyl sites for hydroxylation is 1. The lowest BCUT2D eigenvalue weighted by molar-refractivity contribution is 0.471. The highest BCUT2D eigenvalue weighted by Crippen LogP contribution is 2.32. The molecule has 0 unspecified atom stereocenters. The number of anilines is 3. The fourth-order valence-electron chi connectivity index (χ4n) is 2.17. The topological polar surface area (TPSA) is 99.8 Å². The third-order valence-electron chi connectivity index (χ3n) is 3.36. The van der Waals surface area contributed by atoms with Crippen LogP contribution in [0.2, 0.25) is 0 Å². The molecule has 3 rings (SSSR count). The maximum absolute atomic E-state index is 9.81. The molecular weight excluding hydrogens is 254 g/mol. The van der Waals surface area contributed by atoms with Gasteiger partial charge in [0, 0.05) is 23.5 Å². The molecule has 0 spiro atoms. The van der Waals surface area contributed by atoms with Gasteiger partial charge >= 0.3 is 0 Å². The summed E-state index contributed by atoms with van der Waals surface area (Å²) in [6, 6.07) is 5.27. The first kappa shape index (κ1) is 12.3. The Labute approximate surface area is 115 Å². The van der Waals surface area contributed by atoms with E-state index in [4.69, 9.17) is 5.73 Å². The number of H-pyrrole nitrogens is 1. The van der Waals surface area contributed by atoms with Crippen molar-refractivity contribution >= 4 is 28.2 Å². The van der Waals surface area contributed by atoms with Gasteiger partial charge in [-0.2, -0.15) is 5.10 Å². The first-order valence-corrected chi connectivity index (χ1v) is 6.22. The zero-order valence-electron chi connectivity index (χ0n) is 11.2. The Balaban J connectivity index is 2.08. The van der Waals surface area contributed by atoms with Crippen LogP contribution in [0.4, 0.5) is 17.3 Å². The van der Waals surface area contributed by atoms with Crippen molar-refractivity contribution in [3.8, 4) is 5.75 Å². The molecule has 6 nitrogen and oxygen atoms in total. The first-order valence-electron chi connectivity index (χ1n) is 6.22. The standard InChI is InChI=1S/C14H15N5O/c1-7-3-4-11(20)8(2)13(7)17-14-9-6-16-12(15)5-10(9)18-19-14/h3-6,20H,1-2H3,(H2,15,16)(H2,17,18,19). The number of rotatable bonds is 2. The Hall–Kier alpha value is -2.76. The lowest BCUT2D eigenvalue weighted by atomic mass is 10.1. The summed E-state index contributed by atoms with van der Waals surface area (Å²) in [7, 11) is 0. The second-order valence-corrected chi connectivity index (χ2v) is 4.75. The van der Waals surface area contributed by atoms with Crippen LogP contribution in [0.3, 0.4) is 0 Å². The summed E-state index contributed by atoms with van der Waals surface area (Å²) in [4.78, 5) is 4.07. The molecule has 0 aliphatic heterocycles. The van der Waals surface area contributed by atoms with E-state index in [1.807, 2.05) is 19.9 Å². The van der Waals surface area contributed by atoms with Crippen molar-refractivity contribution in [2.45, 2.75) is 13.8 Å². The van der Waals surface area contributed by atoms with Crippen molar-refractivity contribution in [3.63, 3.8) is 0 Å². The molecule has 2 aromatic heterocycles. The van der Waals surface area contributed by atoms with Crippen LogP contribution in [-0.4, -0.2) is 20.3 Å². The van der Waals surface area contributed by atoms with E-state index in [9.17, 15) is 5.11 Å². The van der Waals surface area contributed by atoms with Crippen molar-refractivity contribution < 1.29 is 5.11 Å². The molecule has 1 aromatic carbocycles. The van der Waals surface area contributed by atoms with Crippen molar-refractivity contribution in [2.75, 3.05) is 11.1 Å². The van der Waals surface area contributed by atoms with E-state index in [-0.39, 0.29) is 5.75 Å². The number of benzene rings is 1. The van der Waals surface area contributed by atoms with Crippen LogP contribution >= 0.6 is 0 Å². The molecule has 0 radical (unpaired) electrons. The number of fused-ring (bicyclic) bond motifs is 1. The number of aromatic nitrogens is 3. The number of aromatic hydroxyl groups is 1. The van der Waals surface area contributed by atoms with E-state index >= 15 is 0 Å². The van der Waals surface area contributed by atoms with Gasteiger partial charge in [0.1, 0.15) is 11.6 Å². The van der Waals surface area contributed by atoms with Gasteiger partial charge in [-0.1, -0.05) is 6.07 Å². The molecule has 3 aromatic rings. The van der Waals surface area contributed by atoms with Crippen molar-refractivity contribution in [3.05, 3.63) is 35.5 Å². The third-order valence-corrected chi connectivity index (χ3v) is 3.36. The Kier molecular flexibility index (Phi) is 2.71. The molecule has 0 saturated heterocycles. The van der Waals surface area contributed by atoms with E-state index in [0.717, 1.165) is 27.7 Å². The number of aromatic amines is 1. The number of pyridine rings is 1. The molecule has 6 heteroatoms. The first-order chi connectivity index (χ1) is 9.56. The molecule has 0 saturated carbocycles. The Morgan fingerprint density at radius 1 is 1.30 bits per heavy atom. The Morgan fingerprint density at radius 2 is 2.10 bits per heavy atom. The molecule has 20 heavy (non-hydrogen) atoms. The smallest absolute Gasteiger partial charge is 0.161 e. The lowest BCUT2D eigenvalue weighted by Gasteiger charge is -2.12. The predicted molar refractivity (Wildman–Crippen MR) is 79.2 cm³/mol. The minimum Gasteiger partial charge on any atom is -0.508 e. The Bertz CT molecular complexity index is 794. The van der Waals surface area contributed by atoms with Crippen LogP contribution in [0, 0.1) is 13.8 Å². The molecule has 0 fully saturated rings. The molecule has 2 heterocycles. The number of phenols is 1. The van der Waals surface area contributed by atoms with E-state index in [1.165, 1.54) is 0 Å². The fourth-order valence-corrected chi connectivity index (χ4v) is 2.17. The molecule has 0 bridgehead atoms. The fraction of sp³-hybridized carbons (Fsp3) is 0.143. The van der Waals surface area contributed by atoms with Gasteiger partial charge in [-0.3, -0.25) is 5.10 Å². The van der Waals surface area contributed by atoms with Crippen LogP contribution in [-0.2, 0) is 0 Å². The number of nitrogens with two attached hydrogens (primary N) is 1. The van der Waals surface area contributed by atoms with Gasteiger partial charge in [-0.25, -0.2) is 4.98 Å². The Morgan fingerprint density at radius 3 is 2.90 bits per heavy atom. The zero-order valence-corrected chi connectivity index (χ0v) is 11.2. The van der Waals surface area contributed by atoms with Crippen LogP contribution in [0.1, 0.15) is 11.1 Å². The average molecular weight is 269 g/mol. The van der Waals surface area contributed by atoms with Crippen LogP contribution in [0.5, 0.6) is 5.75 Å². The SMILES string of the molecule is Cc1ccc(O)c(C)c1Nc1n[nH]c2cc(N)ncc12. The minimum atomic E-state index is 0.250. The average Bonchev–Trinajstić information content (AvgIpc) is 2.81. The number of nitrogens with one attached hydrogen (secondary N) is 2. The highest BCUT2D eigenvalue weighted by Gasteiger charge is 2.11. The molecule has 5 N–H and O–H groups in total. The summed E-state index contributed by atoms with van der Waals surface area (Å²) in [6.07, 6.45) is 1.67. The van der Waals surface area contributed by atoms with Crippen molar-refractivity contribution in [1.82, 2.24) is 15.2 Å². The predicted octanol–water partition coefficient (Wildman–Crippen LogP) is 2.61. The molecular formula is C14H15N5O. The van der Waals surface area contributed by atoms with Gasteiger partial charge in [-0.15, -0.1) is 0 Å². The number of hydrogen-bond donors (Lipinski definition) is 4. The third kappa shape index (κ3) is 1.91. The number of phenolic OH excluding ortho intramolecular Hbond substituents is 1. The zero-order chi connectivity index (χ0) is 14.3. The second kappa shape index (κ2) is 4.41. The molecule has 0 aliphatic rings. The van der Waals surface area contributed by atoms with Crippen LogP contribution in [0.25, 0.3) is 10.9 Å². The van der Waals surface area contributed by atoms with Gasteiger partial charge in [0.25, 0.3) is 0 Å². The van der Waals surface area contributed by atoms with Crippen molar-refractivity contribution in [1.29, 1.82) is 0 Å². The lowest BCUT2D eigenvalue weighted by Crippen LogP contribution is -1.97. The summed E-state index contributed by atoms with van der Waals surface area (Å²) in [5, 5.41) is 21.0. The number of nitrogens with zero attached hydrogens (tertiary/aromatic N) is 2. The maximum Gasteiger partial charge on any atom is 0.161 e. The molecule has 0 aliphatic carbocycles. The summed E-state index contributed by atoms with van der Waals surface area (Å²) in [5.74, 6) is 1.35. The molecule has 0 amide bonds. The normalized spacial score (nSPS) is 10.9. The van der Waals surface area contributed by atoms with Gasteiger partial charge in [0.05, 0.1) is 10.9 Å². The van der Waals surface area contributed by atoms with Crippen LogP contribution < -0.4 is 11.1 Å². The largest absolute Gasteiger partial charge is 0.508 e. The van der Waals surface area contributed by atoms with Gasteiger partial charge in [0.15, 0.2) is 5.82 Å². The van der Waals surface area contributed by atoms with Gasteiger partial charge in [-0.05, 0) is 25.5 Å². The number of hydrogen-bond acceptors (Lipinski definition) is 5. The molecule has 102 valence electrons. The van der Waals surface area contributed by atoms with Gasteiger partial charge in [0.2, 0.25) is 0 Å². The maximum atomic E-state index is 9.81. The van der Waals surface area contributed by atoms with Crippen LogP contribution in [0.15, 0.2) is 24.4 Å². The summed E-state index contributed by atoms with van der Waals surface area (Å²) < 4.78 is 0. The summed E-state index contributed by atoms with van der Waals surface area (Å²) in [6.45, 7) is 3.83. The monoisotopic (exact) mass is 269 g/mol. The highest BCUT2D eigenvalue weighted by molar-refractivity contribution is 5.92. The summed E-state index contributed by atoms with van der Waals surface area (Å²) in [5.41, 5.74) is 9.11. The molecule has 0 atom stereocenters. The van der Waals surface area contributed by atoms with Gasteiger partial charge < -0.3 is 16.2 Å².